The molecule has 4 N–H and O–H groups in total. The van der Waals surface area contributed by atoms with E-state index in [1.54, 1.807) is 0 Å². The summed E-state index contributed by atoms with van der Waals surface area (Å²) in [7, 11) is 0. The van der Waals surface area contributed by atoms with Crippen molar-refractivity contribution in [3.8, 4) is 5.75 Å². The van der Waals surface area contributed by atoms with E-state index in [2.05, 4.69) is 0 Å². The van der Waals surface area contributed by atoms with Crippen LogP contribution in [0.5, 0.6) is 5.75 Å². The Balaban J connectivity index is 2.61. The standard InChI is InChI=1S/C10H12N2OS/c1-2-13-7-3-4-8-6(10(7)12)5-9(11)14-8/h3-5H,2,11-12H2,1H3. The number of nitrogens with two attached hydrogens (primary N) is 2. The number of ether oxygens (including phenoxy) is 1. The fourth-order valence-corrected chi connectivity index (χ4v) is 2.26. The maximum absolute atomic E-state index is 5.94. The Labute approximate surface area is 86.3 Å². The molecule has 0 unspecified atom stereocenters. The van der Waals surface area contributed by atoms with E-state index in [1.807, 2.05) is 25.1 Å². The Morgan fingerprint density at radius 3 is 2.86 bits per heavy atom. The fourth-order valence-electron chi connectivity index (χ4n) is 1.41. The maximum atomic E-state index is 5.94. The average molecular weight is 208 g/mol. The van der Waals surface area contributed by atoms with E-state index in [1.165, 1.54) is 11.3 Å². The molecule has 0 saturated carbocycles. The van der Waals surface area contributed by atoms with Crippen LogP contribution in [0.25, 0.3) is 10.1 Å². The van der Waals surface area contributed by atoms with Crippen molar-refractivity contribution in [3.63, 3.8) is 0 Å². The van der Waals surface area contributed by atoms with Crippen LogP contribution in [0, 0.1) is 0 Å². The van der Waals surface area contributed by atoms with Crippen LogP contribution in [0.2, 0.25) is 0 Å². The summed E-state index contributed by atoms with van der Waals surface area (Å²) in [6.07, 6.45) is 0. The highest BCUT2D eigenvalue weighted by atomic mass is 32.1. The largest absolute Gasteiger partial charge is 0.492 e. The molecular weight excluding hydrogens is 196 g/mol. The summed E-state index contributed by atoms with van der Waals surface area (Å²) in [5, 5.41) is 1.76. The molecular formula is C10H12N2OS. The number of thiophene rings is 1. The summed E-state index contributed by atoms with van der Waals surface area (Å²) in [5.41, 5.74) is 12.3. The molecule has 3 nitrogen and oxygen atoms in total. The van der Waals surface area contributed by atoms with Crippen molar-refractivity contribution in [1.82, 2.24) is 0 Å². The van der Waals surface area contributed by atoms with Gasteiger partial charge >= 0.3 is 0 Å². The second kappa shape index (κ2) is 3.38. The molecule has 1 aromatic carbocycles. The molecule has 2 aromatic rings. The van der Waals surface area contributed by atoms with E-state index in [9.17, 15) is 0 Å². The molecule has 0 saturated heterocycles. The van der Waals surface area contributed by atoms with Gasteiger partial charge in [0.2, 0.25) is 0 Å². The van der Waals surface area contributed by atoms with Crippen LogP contribution in [0.1, 0.15) is 6.92 Å². The number of benzene rings is 1. The van der Waals surface area contributed by atoms with Gasteiger partial charge in [0.25, 0.3) is 0 Å². The summed E-state index contributed by atoms with van der Waals surface area (Å²) in [6, 6.07) is 5.76. The monoisotopic (exact) mass is 208 g/mol. The van der Waals surface area contributed by atoms with Gasteiger partial charge < -0.3 is 16.2 Å². The predicted molar refractivity (Wildman–Crippen MR) is 61.8 cm³/mol. The van der Waals surface area contributed by atoms with Gasteiger partial charge in [-0.1, -0.05) is 0 Å². The molecule has 0 spiro atoms. The lowest BCUT2D eigenvalue weighted by atomic mass is 10.2. The molecule has 0 radical (unpaired) electrons. The molecule has 1 aromatic heterocycles. The van der Waals surface area contributed by atoms with Crippen molar-refractivity contribution in [2.75, 3.05) is 18.1 Å². The topological polar surface area (TPSA) is 61.3 Å². The molecule has 2 rings (SSSR count). The molecule has 74 valence electrons. The zero-order chi connectivity index (χ0) is 10.1. The highest BCUT2D eigenvalue weighted by Crippen LogP contribution is 2.36. The lowest BCUT2D eigenvalue weighted by Gasteiger charge is -2.06. The van der Waals surface area contributed by atoms with E-state index in [0.717, 1.165) is 20.8 Å². The molecule has 0 fully saturated rings. The number of hydrogen-bond acceptors (Lipinski definition) is 4. The van der Waals surface area contributed by atoms with Gasteiger partial charge in [0, 0.05) is 10.1 Å². The number of nitrogen functional groups attached to an aromatic ring is 2. The highest BCUT2D eigenvalue weighted by molar-refractivity contribution is 7.22. The molecule has 1 heterocycles. The Bertz CT molecular complexity index is 464. The van der Waals surface area contributed by atoms with Crippen molar-refractivity contribution in [3.05, 3.63) is 18.2 Å². The molecule has 0 aliphatic heterocycles. The third kappa shape index (κ3) is 1.37. The number of anilines is 2. The molecule has 4 heteroatoms. The van der Waals surface area contributed by atoms with Crippen molar-refractivity contribution in [2.24, 2.45) is 0 Å². The SMILES string of the molecule is CCOc1ccc2sc(N)cc2c1N. The first-order valence-electron chi connectivity index (χ1n) is 4.42. The number of hydrogen-bond donors (Lipinski definition) is 2. The molecule has 0 aliphatic rings. The van der Waals surface area contributed by atoms with Gasteiger partial charge in [-0.15, -0.1) is 11.3 Å². The normalized spacial score (nSPS) is 10.6. The first kappa shape index (κ1) is 9.15. The zero-order valence-corrected chi connectivity index (χ0v) is 8.73. The van der Waals surface area contributed by atoms with Crippen LogP contribution in [-0.2, 0) is 0 Å². The fraction of sp³-hybridized carbons (Fsp3) is 0.200. The van der Waals surface area contributed by atoms with Gasteiger partial charge in [0.1, 0.15) is 5.75 Å². The molecule has 0 aliphatic carbocycles. The molecule has 0 atom stereocenters. The van der Waals surface area contributed by atoms with Crippen molar-refractivity contribution in [1.29, 1.82) is 0 Å². The number of rotatable bonds is 2. The van der Waals surface area contributed by atoms with Gasteiger partial charge in [-0.3, -0.25) is 0 Å². The maximum Gasteiger partial charge on any atom is 0.142 e. The first-order valence-corrected chi connectivity index (χ1v) is 5.24. The smallest absolute Gasteiger partial charge is 0.142 e. The minimum Gasteiger partial charge on any atom is -0.492 e. The summed E-state index contributed by atoms with van der Waals surface area (Å²) in [4.78, 5) is 0. The van der Waals surface area contributed by atoms with Gasteiger partial charge in [-0.25, -0.2) is 0 Å². The van der Waals surface area contributed by atoms with Crippen LogP contribution in [0.4, 0.5) is 10.7 Å². The van der Waals surface area contributed by atoms with Gasteiger partial charge in [-0.05, 0) is 25.1 Å². The van der Waals surface area contributed by atoms with Crippen LogP contribution in [-0.4, -0.2) is 6.61 Å². The highest BCUT2D eigenvalue weighted by Gasteiger charge is 2.07. The first-order chi connectivity index (χ1) is 6.72. The minimum atomic E-state index is 0.620. The van der Waals surface area contributed by atoms with Crippen LogP contribution >= 0.6 is 11.3 Å². The van der Waals surface area contributed by atoms with E-state index < -0.39 is 0 Å². The van der Waals surface area contributed by atoms with Gasteiger partial charge in [0.15, 0.2) is 0 Å². The van der Waals surface area contributed by atoms with E-state index in [-0.39, 0.29) is 0 Å². The quantitative estimate of drug-likeness (QED) is 0.745. The Morgan fingerprint density at radius 2 is 2.14 bits per heavy atom. The Hall–Kier alpha value is -1.42. The second-order valence-corrected chi connectivity index (χ2v) is 4.09. The summed E-state index contributed by atoms with van der Waals surface area (Å²) >= 11 is 1.54. The van der Waals surface area contributed by atoms with E-state index >= 15 is 0 Å². The summed E-state index contributed by atoms with van der Waals surface area (Å²) < 4.78 is 6.49. The molecule has 14 heavy (non-hydrogen) atoms. The second-order valence-electron chi connectivity index (χ2n) is 2.97. The number of fused-ring (bicyclic) bond motifs is 1. The van der Waals surface area contributed by atoms with Crippen molar-refractivity contribution < 1.29 is 4.74 Å². The van der Waals surface area contributed by atoms with E-state index in [0.29, 0.717) is 12.3 Å². The van der Waals surface area contributed by atoms with Crippen molar-refractivity contribution in [2.45, 2.75) is 6.92 Å². The van der Waals surface area contributed by atoms with Gasteiger partial charge in [0.05, 0.1) is 17.3 Å². The molecule has 0 amide bonds. The van der Waals surface area contributed by atoms with Crippen LogP contribution < -0.4 is 16.2 Å². The minimum absolute atomic E-state index is 0.620. The summed E-state index contributed by atoms with van der Waals surface area (Å²) in [6.45, 7) is 2.56. The average Bonchev–Trinajstić information content (AvgIpc) is 2.52. The van der Waals surface area contributed by atoms with Crippen molar-refractivity contribution >= 4 is 32.1 Å². The molecule has 0 bridgehead atoms. The lowest BCUT2D eigenvalue weighted by molar-refractivity contribution is 0.342. The summed E-state index contributed by atoms with van der Waals surface area (Å²) in [5.74, 6) is 0.734. The van der Waals surface area contributed by atoms with Crippen LogP contribution in [0.3, 0.4) is 0 Å². The van der Waals surface area contributed by atoms with Gasteiger partial charge in [-0.2, -0.15) is 0 Å². The Morgan fingerprint density at radius 1 is 1.36 bits per heavy atom. The van der Waals surface area contributed by atoms with E-state index in [4.69, 9.17) is 16.2 Å². The third-order valence-corrected chi connectivity index (χ3v) is 2.95. The zero-order valence-electron chi connectivity index (χ0n) is 7.91. The predicted octanol–water partition coefficient (Wildman–Crippen LogP) is 2.46. The lowest BCUT2D eigenvalue weighted by Crippen LogP contribution is -1.96. The third-order valence-electron chi connectivity index (χ3n) is 2.02. The van der Waals surface area contributed by atoms with Crippen LogP contribution in [0.15, 0.2) is 18.2 Å². The Kier molecular flexibility index (Phi) is 2.21.